The van der Waals surface area contributed by atoms with Crippen LogP contribution in [0.25, 0.3) is 34.4 Å². The number of rotatable bonds is 5. The molecule has 7 rings (SSSR count). The van der Waals surface area contributed by atoms with E-state index in [1.54, 1.807) is 10.4 Å². The molecule has 0 heterocycles. The molecule has 0 spiro atoms. The van der Waals surface area contributed by atoms with Crippen molar-refractivity contribution >= 4 is 20.2 Å². The molecule has 0 amide bonds. The number of benzene rings is 4. The fraction of sp³-hybridized carbons (Fsp3) is 0.378. The molecule has 0 radical (unpaired) electrons. The first kappa shape index (κ1) is 31.2. The maximum Gasteiger partial charge on any atom is 0.109 e. The molecule has 1 fully saturated rings. The minimum absolute atomic E-state index is 0.137. The molecule has 0 atom stereocenters. The van der Waals surface area contributed by atoms with E-state index in [4.69, 9.17) is 0 Å². The molecule has 3 aliphatic rings. The second-order valence-electron chi connectivity index (χ2n) is 16.6. The second-order valence-corrected chi connectivity index (χ2v) is 21.2. The number of hydrogen-bond acceptors (Lipinski definition) is 0. The summed E-state index contributed by atoms with van der Waals surface area (Å²) in [6.45, 7) is 16.7. The third kappa shape index (κ3) is 5.60. The monoisotopic (exact) mass is 620 g/mol. The smallest absolute Gasteiger partial charge is 0.0709 e. The molecule has 0 saturated heterocycles. The highest BCUT2D eigenvalue weighted by Crippen LogP contribution is 2.51. The molecule has 0 N–H and O–H groups in total. The van der Waals surface area contributed by atoms with Crippen molar-refractivity contribution < 1.29 is 0 Å². The first-order valence-corrected chi connectivity index (χ1v) is 20.4. The zero-order valence-electron chi connectivity index (χ0n) is 29.3. The maximum absolute atomic E-state index is 2.76. The van der Waals surface area contributed by atoms with Crippen LogP contribution in [-0.4, -0.2) is 8.07 Å². The lowest BCUT2D eigenvalue weighted by atomic mass is 9.85. The van der Waals surface area contributed by atoms with E-state index < -0.39 is 8.07 Å². The highest BCUT2D eigenvalue weighted by atomic mass is 28.3. The van der Waals surface area contributed by atoms with Gasteiger partial charge in [-0.3, -0.25) is 0 Å². The van der Waals surface area contributed by atoms with Crippen LogP contribution >= 0.6 is 0 Å². The van der Waals surface area contributed by atoms with E-state index in [0.29, 0.717) is 0 Å². The molecule has 1 heteroatoms. The molecule has 4 aromatic rings. The standard InChI is InChI=1S/C45H52Si/c1-44(2,3)35-19-11-15-31(25-35)40-23-13-17-33-27-38(29-42(33)40)46(7,37-21-9-8-10-22-37)39-28-34-18-14-24-41(43(34)30-39)32-16-12-20-36(26-32)45(4,5)6/h11-20,23-26,29-30,37H,8-10,21-22,27-28H2,1-7H3. The van der Waals surface area contributed by atoms with Crippen LogP contribution in [-0.2, 0) is 23.7 Å². The first-order chi connectivity index (χ1) is 21.9. The Morgan fingerprint density at radius 2 is 0.978 bits per heavy atom. The zero-order valence-corrected chi connectivity index (χ0v) is 30.3. The minimum atomic E-state index is -1.99. The predicted octanol–water partition coefficient (Wildman–Crippen LogP) is 12.7. The Balaban J connectivity index is 1.32. The molecule has 1 saturated carbocycles. The van der Waals surface area contributed by atoms with E-state index in [2.05, 4.69) is 145 Å². The van der Waals surface area contributed by atoms with E-state index >= 15 is 0 Å². The maximum atomic E-state index is 2.76. The van der Waals surface area contributed by atoms with Gasteiger partial charge < -0.3 is 0 Å². The fourth-order valence-electron chi connectivity index (χ4n) is 8.62. The fourth-order valence-corrected chi connectivity index (χ4v) is 13.7. The zero-order chi connectivity index (χ0) is 32.3. The molecule has 4 aromatic carbocycles. The van der Waals surface area contributed by atoms with Gasteiger partial charge >= 0.3 is 0 Å². The lowest BCUT2D eigenvalue weighted by Gasteiger charge is -2.41. The Morgan fingerprint density at radius 3 is 1.41 bits per heavy atom. The van der Waals surface area contributed by atoms with Crippen molar-refractivity contribution in [1.82, 2.24) is 0 Å². The Labute approximate surface area is 279 Å². The van der Waals surface area contributed by atoms with Crippen molar-refractivity contribution in [3.05, 3.63) is 129 Å². The molecule has 0 aliphatic heterocycles. The average Bonchev–Trinajstić information content (AvgIpc) is 3.70. The van der Waals surface area contributed by atoms with E-state index in [-0.39, 0.29) is 10.8 Å². The molecular weight excluding hydrogens is 569 g/mol. The Kier molecular flexibility index (Phi) is 7.92. The van der Waals surface area contributed by atoms with Gasteiger partial charge in [0.15, 0.2) is 0 Å². The summed E-state index contributed by atoms with van der Waals surface area (Å²) in [5.41, 5.74) is 15.5. The summed E-state index contributed by atoms with van der Waals surface area (Å²) in [4.78, 5) is 0. The SMILES string of the molecule is CC(C)(C)c1cccc(-c2cccc3c2C=C([Si](C)(C2=Cc4c(cccc4-c4cccc(C(C)(C)C)c4)C2)C2CCCCC2)C3)c1. The first-order valence-electron chi connectivity index (χ1n) is 17.8. The molecule has 0 bridgehead atoms. The minimum Gasteiger partial charge on any atom is -0.0709 e. The van der Waals surface area contributed by atoms with Crippen LogP contribution in [0.4, 0.5) is 0 Å². The molecule has 46 heavy (non-hydrogen) atoms. The lowest BCUT2D eigenvalue weighted by Crippen LogP contribution is -2.43. The third-order valence-corrected chi connectivity index (χ3v) is 17.1. The van der Waals surface area contributed by atoms with Crippen molar-refractivity contribution in [1.29, 1.82) is 0 Å². The van der Waals surface area contributed by atoms with Crippen molar-refractivity contribution in [2.75, 3.05) is 0 Å². The molecular formula is C45H52Si. The van der Waals surface area contributed by atoms with Gasteiger partial charge in [-0.2, -0.15) is 0 Å². The summed E-state index contributed by atoms with van der Waals surface area (Å²) in [7, 11) is -1.99. The number of allylic oxidation sites excluding steroid dienone is 2. The molecule has 0 nitrogen and oxygen atoms in total. The summed E-state index contributed by atoms with van der Waals surface area (Å²) < 4.78 is 0. The average molecular weight is 621 g/mol. The quantitative estimate of drug-likeness (QED) is 0.195. The largest absolute Gasteiger partial charge is 0.109 e. The van der Waals surface area contributed by atoms with Gasteiger partial charge in [-0.05, 0) is 84.8 Å². The summed E-state index contributed by atoms with van der Waals surface area (Å²) in [6, 6.07) is 32.7. The lowest BCUT2D eigenvalue weighted by molar-refractivity contribution is 0.493. The molecule has 0 unspecified atom stereocenters. The third-order valence-electron chi connectivity index (χ3n) is 11.6. The predicted molar refractivity (Wildman–Crippen MR) is 203 cm³/mol. The van der Waals surface area contributed by atoms with Gasteiger partial charge in [0.2, 0.25) is 0 Å². The summed E-state index contributed by atoms with van der Waals surface area (Å²) in [5.74, 6) is 0. The highest BCUT2D eigenvalue weighted by Gasteiger charge is 2.46. The second kappa shape index (κ2) is 11.7. The van der Waals surface area contributed by atoms with Crippen LogP contribution in [0.3, 0.4) is 0 Å². The van der Waals surface area contributed by atoms with Gasteiger partial charge in [-0.1, -0.05) is 188 Å². The van der Waals surface area contributed by atoms with E-state index in [0.717, 1.165) is 18.4 Å². The Hall–Kier alpha value is -3.42. The number of fused-ring (bicyclic) bond motifs is 2. The van der Waals surface area contributed by atoms with Crippen LogP contribution in [0.5, 0.6) is 0 Å². The van der Waals surface area contributed by atoms with Crippen LogP contribution < -0.4 is 0 Å². The van der Waals surface area contributed by atoms with E-state index in [1.165, 1.54) is 87.7 Å². The van der Waals surface area contributed by atoms with Gasteiger partial charge in [-0.15, -0.1) is 0 Å². The normalized spacial score (nSPS) is 17.0. The number of hydrogen-bond donors (Lipinski definition) is 0. The van der Waals surface area contributed by atoms with E-state index in [1.807, 2.05) is 0 Å². The molecule has 0 aromatic heterocycles. The Bertz CT molecular complexity index is 1720. The van der Waals surface area contributed by atoms with E-state index in [9.17, 15) is 0 Å². The summed E-state index contributed by atoms with van der Waals surface area (Å²) >= 11 is 0. The van der Waals surface area contributed by atoms with Crippen LogP contribution in [0.15, 0.2) is 95.3 Å². The summed E-state index contributed by atoms with van der Waals surface area (Å²) in [6.07, 6.45) is 14.6. The van der Waals surface area contributed by atoms with Gasteiger partial charge in [0.1, 0.15) is 8.07 Å². The molecule has 3 aliphatic carbocycles. The Morgan fingerprint density at radius 1 is 0.543 bits per heavy atom. The summed E-state index contributed by atoms with van der Waals surface area (Å²) in [5, 5.41) is 3.54. The van der Waals surface area contributed by atoms with Gasteiger partial charge in [0.05, 0.1) is 0 Å². The van der Waals surface area contributed by atoms with Crippen LogP contribution in [0.2, 0.25) is 12.1 Å². The highest BCUT2D eigenvalue weighted by molar-refractivity contribution is 6.94. The van der Waals surface area contributed by atoms with Gasteiger partial charge in [-0.25, -0.2) is 0 Å². The molecule has 236 valence electrons. The van der Waals surface area contributed by atoms with Crippen molar-refractivity contribution in [2.24, 2.45) is 0 Å². The van der Waals surface area contributed by atoms with Gasteiger partial charge in [0.25, 0.3) is 0 Å². The van der Waals surface area contributed by atoms with Crippen LogP contribution in [0, 0.1) is 0 Å². The van der Waals surface area contributed by atoms with Gasteiger partial charge in [0, 0.05) is 0 Å². The van der Waals surface area contributed by atoms with Crippen molar-refractivity contribution in [2.45, 2.75) is 109 Å². The van der Waals surface area contributed by atoms with Crippen molar-refractivity contribution in [3.63, 3.8) is 0 Å². The van der Waals surface area contributed by atoms with Crippen LogP contribution in [0.1, 0.15) is 107 Å². The topological polar surface area (TPSA) is 0 Å². The van der Waals surface area contributed by atoms with Crippen molar-refractivity contribution in [3.8, 4) is 22.3 Å².